The van der Waals surface area contributed by atoms with Crippen molar-refractivity contribution in [1.82, 2.24) is 19.2 Å². The smallest absolute Gasteiger partial charge is 0.338 e. The fourth-order valence-electron chi connectivity index (χ4n) is 3.24. The minimum absolute atomic E-state index is 0.0926. The highest BCUT2D eigenvalue weighted by Crippen LogP contribution is 2.18. The summed E-state index contributed by atoms with van der Waals surface area (Å²) in [6, 6.07) is 14.1. The SMILES string of the molecule is CCOC(=O)c1ccc(OCc2nnc3n(CC)c(=O)c4ccccc4n23)cc1. The Morgan fingerprint density at radius 3 is 2.52 bits per heavy atom. The van der Waals surface area contributed by atoms with Gasteiger partial charge in [0.05, 0.1) is 23.1 Å². The normalized spacial score (nSPS) is 11.1. The Labute approximate surface area is 166 Å². The quantitative estimate of drug-likeness (QED) is 0.469. The van der Waals surface area contributed by atoms with Gasteiger partial charge in [-0.3, -0.25) is 13.8 Å². The fraction of sp³-hybridized carbons (Fsp3) is 0.238. The van der Waals surface area contributed by atoms with E-state index in [1.54, 1.807) is 41.8 Å². The molecule has 29 heavy (non-hydrogen) atoms. The van der Waals surface area contributed by atoms with E-state index in [0.29, 0.717) is 41.5 Å². The van der Waals surface area contributed by atoms with Crippen molar-refractivity contribution in [3.63, 3.8) is 0 Å². The Bertz CT molecular complexity index is 1240. The second kappa shape index (κ2) is 7.75. The Hall–Kier alpha value is -3.68. The minimum Gasteiger partial charge on any atom is -0.486 e. The van der Waals surface area contributed by atoms with Crippen LogP contribution in [0, 0.1) is 0 Å². The highest BCUT2D eigenvalue weighted by Gasteiger charge is 2.16. The molecule has 0 aliphatic heterocycles. The molecule has 0 spiro atoms. The lowest BCUT2D eigenvalue weighted by Gasteiger charge is -2.10. The standard InChI is InChI=1S/C21H20N4O4/c1-3-24-19(26)16-7-5-6-8-17(16)25-18(22-23-21(24)25)13-29-15-11-9-14(10-12-15)20(27)28-4-2/h5-12H,3-4,13H2,1-2H3. The molecule has 0 fully saturated rings. The molecule has 0 N–H and O–H groups in total. The Morgan fingerprint density at radius 2 is 1.79 bits per heavy atom. The van der Waals surface area contributed by atoms with Crippen molar-refractivity contribution >= 4 is 22.6 Å². The van der Waals surface area contributed by atoms with Crippen molar-refractivity contribution < 1.29 is 14.3 Å². The molecule has 4 aromatic rings. The first-order valence-electron chi connectivity index (χ1n) is 9.39. The Balaban J connectivity index is 1.66. The van der Waals surface area contributed by atoms with Crippen molar-refractivity contribution in [3.05, 3.63) is 70.3 Å². The Kier molecular flexibility index (Phi) is 4.99. The van der Waals surface area contributed by atoms with Crippen LogP contribution in [0.4, 0.5) is 0 Å². The van der Waals surface area contributed by atoms with Gasteiger partial charge in [0.15, 0.2) is 5.82 Å². The maximum Gasteiger partial charge on any atom is 0.338 e. The summed E-state index contributed by atoms with van der Waals surface area (Å²) < 4.78 is 14.3. The van der Waals surface area contributed by atoms with Gasteiger partial charge in [0.1, 0.15) is 12.4 Å². The van der Waals surface area contributed by atoms with Gasteiger partial charge in [0, 0.05) is 6.54 Å². The number of rotatable bonds is 6. The van der Waals surface area contributed by atoms with Crippen LogP contribution in [-0.2, 0) is 17.9 Å². The predicted octanol–water partition coefficient (Wildman–Crippen LogP) is 2.82. The number of hydrogen-bond acceptors (Lipinski definition) is 6. The van der Waals surface area contributed by atoms with Crippen LogP contribution in [0.3, 0.4) is 0 Å². The van der Waals surface area contributed by atoms with E-state index in [1.165, 1.54) is 0 Å². The average molecular weight is 392 g/mol. The second-order valence-electron chi connectivity index (χ2n) is 6.35. The van der Waals surface area contributed by atoms with E-state index in [2.05, 4.69) is 10.2 Å². The molecular formula is C21H20N4O4. The third-order valence-electron chi connectivity index (χ3n) is 4.62. The summed E-state index contributed by atoms with van der Waals surface area (Å²) in [5.74, 6) is 1.27. The molecule has 0 saturated heterocycles. The van der Waals surface area contributed by atoms with Crippen LogP contribution in [0.5, 0.6) is 5.75 Å². The highest BCUT2D eigenvalue weighted by atomic mass is 16.5. The number of fused-ring (bicyclic) bond motifs is 3. The summed E-state index contributed by atoms with van der Waals surface area (Å²) in [7, 11) is 0. The van der Waals surface area contributed by atoms with Crippen LogP contribution in [0.25, 0.3) is 16.7 Å². The third-order valence-corrected chi connectivity index (χ3v) is 4.62. The minimum atomic E-state index is -0.369. The Morgan fingerprint density at radius 1 is 1.03 bits per heavy atom. The number of aromatic nitrogens is 4. The molecule has 0 aliphatic rings. The van der Waals surface area contributed by atoms with Gasteiger partial charge in [0.2, 0.25) is 5.78 Å². The van der Waals surface area contributed by atoms with E-state index in [4.69, 9.17) is 9.47 Å². The van der Waals surface area contributed by atoms with E-state index < -0.39 is 0 Å². The first-order valence-corrected chi connectivity index (χ1v) is 9.39. The molecular weight excluding hydrogens is 372 g/mol. The maximum absolute atomic E-state index is 12.7. The first kappa shape index (κ1) is 18.7. The van der Waals surface area contributed by atoms with Crippen LogP contribution < -0.4 is 10.3 Å². The number of ether oxygens (including phenoxy) is 2. The third kappa shape index (κ3) is 3.33. The zero-order valence-corrected chi connectivity index (χ0v) is 16.2. The zero-order chi connectivity index (χ0) is 20.4. The lowest BCUT2D eigenvalue weighted by Crippen LogP contribution is -2.22. The average Bonchev–Trinajstić information content (AvgIpc) is 3.17. The van der Waals surface area contributed by atoms with E-state index in [-0.39, 0.29) is 18.1 Å². The highest BCUT2D eigenvalue weighted by molar-refractivity contribution is 5.89. The number of esters is 1. The van der Waals surface area contributed by atoms with Gasteiger partial charge < -0.3 is 9.47 Å². The largest absolute Gasteiger partial charge is 0.486 e. The lowest BCUT2D eigenvalue weighted by atomic mass is 10.2. The molecule has 0 amide bonds. The summed E-state index contributed by atoms with van der Waals surface area (Å²) >= 11 is 0. The lowest BCUT2D eigenvalue weighted by molar-refractivity contribution is 0.0526. The number of carbonyl (C=O) groups is 1. The first-order chi connectivity index (χ1) is 14.1. The number of para-hydroxylation sites is 1. The van der Waals surface area contributed by atoms with Crippen molar-refractivity contribution in [2.24, 2.45) is 0 Å². The van der Waals surface area contributed by atoms with Gasteiger partial charge in [-0.1, -0.05) is 12.1 Å². The molecule has 0 radical (unpaired) electrons. The van der Waals surface area contributed by atoms with Gasteiger partial charge in [-0.05, 0) is 50.2 Å². The summed E-state index contributed by atoms with van der Waals surface area (Å²) in [5, 5.41) is 9.04. The molecule has 0 atom stereocenters. The maximum atomic E-state index is 12.7. The number of benzene rings is 2. The van der Waals surface area contributed by atoms with E-state index in [9.17, 15) is 9.59 Å². The van der Waals surface area contributed by atoms with E-state index in [0.717, 1.165) is 5.52 Å². The van der Waals surface area contributed by atoms with E-state index in [1.807, 2.05) is 29.5 Å². The number of carbonyl (C=O) groups excluding carboxylic acids is 1. The molecule has 0 unspecified atom stereocenters. The topological polar surface area (TPSA) is 87.7 Å². The number of hydrogen-bond donors (Lipinski definition) is 0. The van der Waals surface area contributed by atoms with Crippen LogP contribution in [0.1, 0.15) is 30.0 Å². The van der Waals surface area contributed by atoms with Crippen molar-refractivity contribution in [2.75, 3.05) is 6.61 Å². The second-order valence-corrected chi connectivity index (χ2v) is 6.35. The molecule has 0 bridgehead atoms. The van der Waals surface area contributed by atoms with Crippen molar-refractivity contribution in [3.8, 4) is 5.75 Å². The van der Waals surface area contributed by atoms with Crippen molar-refractivity contribution in [2.45, 2.75) is 27.0 Å². The summed E-state index contributed by atoms with van der Waals surface area (Å²) in [4.78, 5) is 24.5. The molecule has 2 heterocycles. The molecule has 4 rings (SSSR count). The molecule has 0 saturated carbocycles. The molecule has 8 heteroatoms. The summed E-state index contributed by atoms with van der Waals surface area (Å²) in [5.41, 5.74) is 1.11. The fourth-order valence-corrected chi connectivity index (χ4v) is 3.24. The van der Waals surface area contributed by atoms with Gasteiger partial charge in [-0.2, -0.15) is 0 Å². The zero-order valence-electron chi connectivity index (χ0n) is 16.2. The van der Waals surface area contributed by atoms with Crippen LogP contribution in [-0.4, -0.2) is 31.7 Å². The number of nitrogens with zero attached hydrogens (tertiary/aromatic N) is 4. The molecule has 8 nitrogen and oxygen atoms in total. The number of aryl methyl sites for hydroxylation is 1. The van der Waals surface area contributed by atoms with E-state index >= 15 is 0 Å². The van der Waals surface area contributed by atoms with Crippen LogP contribution in [0.15, 0.2) is 53.3 Å². The van der Waals surface area contributed by atoms with Crippen molar-refractivity contribution in [1.29, 1.82) is 0 Å². The monoisotopic (exact) mass is 392 g/mol. The van der Waals surface area contributed by atoms with Gasteiger partial charge in [-0.15, -0.1) is 10.2 Å². The molecule has 2 aromatic heterocycles. The van der Waals surface area contributed by atoms with Gasteiger partial charge in [0.25, 0.3) is 5.56 Å². The molecule has 2 aromatic carbocycles. The van der Waals surface area contributed by atoms with Crippen LogP contribution in [0.2, 0.25) is 0 Å². The molecule has 148 valence electrons. The predicted molar refractivity (Wildman–Crippen MR) is 107 cm³/mol. The molecule has 0 aliphatic carbocycles. The van der Waals surface area contributed by atoms with Gasteiger partial charge >= 0.3 is 5.97 Å². The summed E-state index contributed by atoms with van der Waals surface area (Å²) in [6.45, 7) is 4.63. The van der Waals surface area contributed by atoms with Crippen LogP contribution >= 0.6 is 0 Å². The summed E-state index contributed by atoms with van der Waals surface area (Å²) in [6.07, 6.45) is 0. The van der Waals surface area contributed by atoms with Gasteiger partial charge in [-0.25, -0.2) is 4.79 Å².